The van der Waals surface area contributed by atoms with Crippen LogP contribution in [0.4, 0.5) is 0 Å². The maximum absolute atomic E-state index is 12.1. The summed E-state index contributed by atoms with van der Waals surface area (Å²) in [6, 6.07) is 23.0. The largest absolute Gasteiger partial charge is 0.494 e. The summed E-state index contributed by atoms with van der Waals surface area (Å²) in [6.45, 7) is 6.50. The highest BCUT2D eigenvalue weighted by Gasteiger charge is 2.30. The molecule has 0 atom stereocenters. The average Bonchev–Trinajstić information content (AvgIpc) is 2.83. The van der Waals surface area contributed by atoms with E-state index in [1.165, 1.54) is 17.3 Å². The zero-order valence-electron chi connectivity index (χ0n) is 21.0. The smallest absolute Gasteiger partial charge is 0.321 e. The minimum absolute atomic E-state index is 0.222. The van der Waals surface area contributed by atoms with Gasteiger partial charge in [0.2, 0.25) is 0 Å². The number of benzene rings is 3. The Morgan fingerprint density at radius 2 is 1.42 bits per heavy atom. The second-order valence-corrected chi connectivity index (χ2v) is 12.0. The van der Waals surface area contributed by atoms with Gasteiger partial charge in [-0.1, -0.05) is 36.4 Å². The maximum Gasteiger partial charge on any atom is 0.321 e. The normalized spacial score (nSPS) is 11.7. The van der Waals surface area contributed by atoms with Crippen molar-refractivity contribution in [3.63, 3.8) is 0 Å². The predicted molar refractivity (Wildman–Crippen MR) is 144 cm³/mol. The first kappa shape index (κ1) is 27.6. The van der Waals surface area contributed by atoms with Crippen LogP contribution < -0.4 is 8.92 Å². The molecule has 0 heterocycles. The van der Waals surface area contributed by atoms with Gasteiger partial charge < -0.3 is 13.7 Å². The SMILES string of the molecule is CCOC(=O)C(C)(C)Sc1ccc(OCCCc2ccc(-c3ccc(OS(C)(=O)=O)cc3)cc2)cc1. The van der Waals surface area contributed by atoms with Gasteiger partial charge in [0, 0.05) is 4.90 Å². The molecule has 0 aliphatic heterocycles. The molecule has 0 saturated carbocycles. The van der Waals surface area contributed by atoms with Crippen molar-refractivity contribution in [3.05, 3.63) is 78.4 Å². The van der Waals surface area contributed by atoms with E-state index in [0.717, 1.165) is 40.9 Å². The topological polar surface area (TPSA) is 78.9 Å². The first-order valence-corrected chi connectivity index (χ1v) is 14.4. The van der Waals surface area contributed by atoms with Crippen LogP contribution in [0.3, 0.4) is 0 Å². The van der Waals surface area contributed by atoms with Crippen molar-refractivity contribution in [1.82, 2.24) is 0 Å². The number of ether oxygens (including phenoxy) is 2. The molecule has 3 aromatic rings. The van der Waals surface area contributed by atoms with Crippen LogP contribution >= 0.6 is 11.8 Å². The summed E-state index contributed by atoms with van der Waals surface area (Å²) in [4.78, 5) is 13.1. The van der Waals surface area contributed by atoms with Gasteiger partial charge in [-0.25, -0.2) is 0 Å². The van der Waals surface area contributed by atoms with Gasteiger partial charge in [0.15, 0.2) is 0 Å². The molecule has 0 amide bonds. The molecule has 0 fully saturated rings. The molecule has 3 rings (SSSR count). The number of hydrogen-bond acceptors (Lipinski definition) is 7. The van der Waals surface area contributed by atoms with Crippen LogP contribution in [0.1, 0.15) is 32.8 Å². The van der Waals surface area contributed by atoms with E-state index in [-0.39, 0.29) is 5.97 Å². The first-order chi connectivity index (χ1) is 17.1. The maximum atomic E-state index is 12.1. The van der Waals surface area contributed by atoms with E-state index in [0.29, 0.717) is 19.0 Å². The summed E-state index contributed by atoms with van der Waals surface area (Å²) in [7, 11) is -3.53. The molecule has 0 radical (unpaired) electrons. The number of aryl methyl sites for hydroxylation is 1. The Kier molecular flexibility index (Phi) is 9.45. The summed E-state index contributed by atoms with van der Waals surface area (Å²) < 4.78 is 37.7. The fraction of sp³-hybridized carbons (Fsp3) is 0.321. The number of thioether (sulfide) groups is 1. The quantitative estimate of drug-likeness (QED) is 0.121. The van der Waals surface area contributed by atoms with Gasteiger partial charge in [-0.05, 0) is 86.7 Å². The second kappa shape index (κ2) is 12.3. The number of carbonyl (C=O) groups is 1. The van der Waals surface area contributed by atoms with Gasteiger partial charge in [0.05, 0.1) is 19.5 Å². The summed E-state index contributed by atoms with van der Waals surface area (Å²) in [6.07, 6.45) is 2.79. The Morgan fingerprint density at radius 1 is 0.861 bits per heavy atom. The Bertz CT molecular complexity index is 1230. The molecule has 192 valence electrons. The van der Waals surface area contributed by atoms with E-state index in [1.54, 1.807) is 12.1 Å². The third-order valence-electron chi connectivity index (χ3n) is 5.23. The number of carbonyl (C=O) groups excluding carboxylic acids is 1. The molecule has 0 N–H and O–H groups in total. The highest BCUT2D eigenvalue weighted by atomic mass is 32.2. The van der Waals surface area contributed by atoms with Crippen LogP contribution in [-0.2, 0) is 26.1 Å². The van der Waals surface area contributed by atoms with Gasteiger partial charge in [0.25, 0.3) is 0 Å². The van der Waals surface area contributed by atoms with E-state index in [4.69, 9.17) is 13.7 Å². The monoisotopic (exact) mass is 528 g/mol. The molecule has 0 spiro atoms. The molecule has 0 saturated heterocycles. The lowest BCUT2D eigenvalue weighted by atomic mass is 10.0. The Labute approximate surface area is 218 Å². The minimum Gasteiger partial charge on any atom is -0.494 e. The minimum atomic E-state index is -3.53. The average molecular weight is 529 g/mol. The van der Waals surface area contributed by atoms with Crippen LogP contribution in [0.15, 0.2) is 77.7 Å². The van der Waals surface area contributed by atoms with E-state index in [2.05, 4.69) is 24.3 Å². The summed E-state index contributed by atoms with van der Waals surface area (Å²) in [5, 5.41) is 0. The number of hydrogen-bond donors (Lipinski definition) is 0. The molecule has 0 aliphatic rings. The van der Waals surface area contributed by atoms with Crippen molar-refractivity contribution in [2.24, 2.45) is 0 Å². The van der Waals surface area contributed by atoms with Gasteiger partial charge in [-0.3, -0.25) is 4.79 Å². The van der Waals surface area contributed by atoms with E-state index < -0.39 is 14.9 Å². The molecule has 36 heavy (non-hydrogen) atoms. The fourth-order valence-electron chi connectivity index (χ4n) is 3.45. The molecule has 0 bridgehead atoms. The first-order valence-electron chi connectivity index (χ1n) is 11.7. The lowest BCUT2D eigenvalue weighted by Crippen LogP contribution is -2.29. The van der Waals surface area contributed by atoms with E-state index in [9.17, 15) is 13.2 Å². The van der Waals surface area contributed by atoms with Crippen molar-refractivity contribution in [3.8, 4) is 22.6 Å². The Morgan fingerprint density at radius 3 is 1.97 bits per heavy atom. The molecule has 0 aromatic heterocycles. The van der Waals surface area contributed by atoms with E-state index >= 15 is 0 Å². The number of esters is 1. The standard InChI is InChI=1S/C28H32O6S2/c1-5-32-27(29)28(2,3)35-26-18-16-24(17-19-26)33-20-6-7-21-8-10-22(11-9-21)23-12-14-25(15-13-23)34-36(4,30)31/h8-19H,5-7,20H2,1-4H3. The van der Waals surface area contributed by atoms with Gasteiger partial charge in [-0.2, -0.15) is 8.42 Å². The van der Waals surface area contributed by atoms with Crippen LogP contribution in [0.25, 0.3) is 11.1 Å². The summed E-state index contributed by atoms with van der Waals surface area (Å²) >= 11 is 1.47. The van der Waals surface area contributed by atoms with Crippen LogP contribution in [0, 0.1) is 0 Å². The van der Waals surface area contributed by atoms with Gasteiger partial charge in [-0.15, -0.1) is 11.8 Å². The van der Waals surface area contributed by atoms with Crippen molar-refractivity contribution in [2.75, 3.05) is 19.5 Å². The molecule has 8 heteroatoms. The molecular weight excluding hydrogens is 496 g/mol. The van der Waals surface area contributed by atoms with Crippen molar-refractivity contribution >= 4 is 27.8 Å². The zero-order valence-corrected chi connectivity index (χ0v) is 22.7. The zero-order chi connectivity index (χ0) is 26.2. The lowest BCUT2D eigenvalue weighted by Gasteiger charge is -2.21. The predicted octanol–water partition coefficient (Wildman–Crippen LogP) is 6.14. The van der Waals surface area contributed by atoms with Crippen molar-refractivity contribution in [2.45, 2.75) is 43.3 Å². The summed E-state index contributed by atoms with van der Waals surface area (Å²) in [5.41, 5.74) is 3.25. The van der Waals surface area contributed by atoms with Crippen LogP contribution in [0.2, 0.25) is 0 Å². The van der Waals surface area contributed by atoms with Crippen molar-refractivity contribution in [1.29, 1.82) is 0 Å². The van der Waals surface area contributed by atoms with Gasteiger partial charge >= 0.3 is 16.1 Å². The molecular formula is C28H32O6S2. The lowest BCUT2D eigenvalue weighted by molar-refractivity contribution is -0.145. The third kappa shape index (κ3) is 8.60. The molecule has 3 aromatic carbocycles. The number of rotatable bonds is 12. The van der Waals surface area contributed by atoms with Crippen LogP contribution in [0.5, 0.6) is 11.5 Å². The Hall–Kier alpha value is -2.97. The molecule has 6 nitrogen and oxygen atoms in total. The highest BCUT2D eigenvalue weighted by Crippen LogP contribution is 2.34. The third-order valence-corrected chi connectivity index (χ3v) is 6.91. The van der Waals surface area contributed by atoms with Crippen molar-refractivity contribution < 1.29 is 26.9 Å². The summed E-state index contributed by atoms with van der Waals surface area (Å²) in [5.74, 6) is 0.874. The van der Waals surface area contributed by atoms with Gasteiger partial charge in [0.1, 0.15) is 16.2 Å². The van der Waals surface area contributed by atoms with Crippen LogP contribution in [-0.4, -0.2) is 38.6 Å². The fourth-order valence-corrected chi connectivity index (χ4v) is 4.92. The molecule has 0 aliphatic carbocycles. The second-order valence-electron chi connectivity index (χ2n) is 8.77. The highest BCUT2D eigenvalue weighted by molar-refractivity contribution is 8.01. The Balaban J connectivity index is 1.44. The molecule has 0 unspecified atom stereocenters. The van der Waals surface area contributed by atoms with E-state index in [1.807, 2.05) is 57.2 Å².